The number of pyridine rings is 1. The van der Waals surface area contributed by atoms with Crippen molar-refractivity contribution in [1.29, 1.82) is 0 Å². The summed E-state index contributed by atoms with van der Waals surface area (Å²) in [6.07, 6.45) is 5.28. The fourth-order valence-electron chi connectivity index (χ4n) is 3.18. The third kappa shape index (κ3) is 3.38. The van der Waals surface area contributed by atoms with Crippen LogP contribution < -0.4 is 5.32 Å². The molecule has 0 aliphatic rings. The molecule has 0 fully saturated rings. The number of aromatic nitrogens is 3. The van der Waals surface area contributed by atoms with Crippen LogP contribution in [0, 0.1) is 5.82 Å². The van der Waals surface area contributed by atoms with Gasteiger partial charge in [-0.05, 0) is 30.7 Å². The molecule has 0 radical (unpaired) electrons. The Bertz CT molecular complexity index is 1120. The number of halogens is 2. The minimum atomic E-state index is -0.287. The quantitative estimate of drug-likeness (QED) is 0.501. The smallest absolute Gasteiger partial charge is 0.128 e. The predicted molar refractivity (Wildman–Crippen MR) is 107 cm³/mol. The fourth-order valence-corrected chi connectivity index (χ4v) is 3.39. The maximum absolute atomic E-state index is 14.6. The van der Waals surface area contributed by atoms with Gasteiger partial charge in [-0.3, -0.25) is 9.67 Å². The van der Waals surface area contributed by atoms with Gasteiger partial charge in [0.05, 0.1) is 28.5 Å². The normalized spacial score (nSPS) is 12.3. The molecule has 0 amide bonds. The highest BCUT2D eigenvalue weighted by molar-refractivity contribution is 6.34. The van der Waals surface area contributed by atoms with Crippen LogP contribution in [-0.4, -0.2) is 14.8 Å². The van der Waals surface area contributed by atoms with Gasteiger partial charge in [0.15, 0.2) is 0 Å². The molecule has 27 heavy (non-hydrogen) atoms. The number of nitrogens with one attached hydrogen (secondary N) is 1. The van der Waals surface area contributed by atoms with Gasteiger partial charge in [-0.2, -0.15) is 5.10 Å². The number of nitrogens with zero attached hydrogens (tertiary/aromatic N) is 3. The minimum Gasteiger partial charge on any atom is -0.377 e. The first-order chi connectivity index (χ1) is 13.0. The highest BCUT2D eigenvalue weighted by Gasteiger charge is 2.16. The molecule has 1 N–H and O–H groups in total. The van der Waals surface area contributed by atoms with E-state index >= 15 is 0 Å². The summed E-state index contributed by atoms with van der Waals surface area (Å²) in [7, 11) is 1.86. The number of para-hydroxylation sites is 1. The van der Waals surface area contributed by atoms with Gasteiger partial charge < -0.3 is 5.32 Å². The van der Waals surface area contributed by atoms with Crippen LogP contribution in [0.15, 0.2) is 61.1 Å². The average Bonchev–Trinajstić information content (AvgIpc) is 3.10. The first-order valence-electron chi connectivity index (χ1n) is 8.61. The largest absolute Gasteiger partial charge is 0.377 e. The Kier molecular flexibility index (Phi) is 4.54. The van der Waals surface area contributed by atoms with E-state index in [1.54, 1.807) is 23.1 Å². The zero-order chi connectivity index (χ0) is 19.0. The van der Waals surface area contributed by atoms with Crippen molar-refractivity contribution >= 4 is 28.2 Å². The highest BCUT2D eigenvalue weighted by atomic mass is 35.5. The van der Waals surface area contributed by atoms with E-state index in [1.165, 1.54) is 6.07 Å². The third-order valence-electron chi connectivity index (χ3n) is 4.59. The van der Waals surface area contributed by atoms with E-state index in [9.17, 15) is 4.39 Å². The van der Waals surface area contributed by atoms with E-state index in [1.807, 2.05) is 50.5 Å². The van der Waals surface area contributed by atoms with Crippen molar-refractivity contribution in [3.63, 3.8) is 0 Å². The number of aryl methyl sites for hydroxylation is 1. The summed E-state index contributed by atoms with van der Waals surface area (Å²) in [5.74, 6) is -0.267. The number of hydrogen-bond acceptors (Lipinski definition) is 3. The summed E-state index contributed by atoms with van der Waals surface area (Å²) in [6.45, 7) is 1.91. The molecule has 4 aromatic rings. The summed E-state index contributed by atoms with van der Waals surface area (Å²) < 4.78 is 16.3. The highest BCUT2D eigenvalue weighted by Crippen LogP contribution is 2.34. The minimum absolute atomic E-state index is 0.267. The van der Waals surface area contributed by atoms with Gasteiger partial charge in [0, 0.05) is 36.0 Å². The summed E-state index contributed by atoms with van der Waals surface area (Å²) in [4.78, 5) is 4.34. The molecule has 2 aromatic heterocycles. The Hall–Kier alpha value is -2.92. The van der Waals surface area contributed by atoms with Crippen LogP contribution in [-0.2, 0) is 7.05 Å². The Morgan fingerprint density at radius 3 is 2.70 bits per heavy atom. The Labute approximate surface area is 161 Å². The topological polar surface area (TPSA) is 42.7 Å². The molecule has 0 saturated heterocycles. The monoisotopic (exact) mass is 380 g/mol. The van der Waals surface area contributed by atoms with Gasteiger partial charge >= 0.3 is 0 Å². The number of fused-ring (bicyclic) bond motifs is 1. The molecular weight excluding hydrogens is 363 g/mol. The van der Waals surface area contributed by atoms with E-state index in [2.05, 4.69) is 15.4 Å². The lowest BCUT2D eigenvalue weighted by atomic mass is 10.0. The van der Waals surface area contributed by atoms with Crippen LogP contribution in [0.3, 0.4) is 0 Å². The van der Waals surface area contributed by atoms with E-state index in [4.69, 9.17) is 11.6 Å². The fraction of sp³-hybridized carbons (Fsp3) is 0.143. The van der Waals surface area contributed by atoms with E-state index in [0.717, 1.165) is 27.7 Å². The van der Waals surface area contributed by atoms with Gasteiger partial charge in [0.1, 0.15) is 5.82 Å². The van der Waals surface area contributed by atoms with Crippen LogP contribution >= 0.6 is 11.6 Å². The summed E-state index contributed by atoms with van der Waals surface area (Å²) in [5, 5.41) is 8.96. The molecule has 0 spiro atoms. The van der Waals surface area contributed by atoms with Gasteiger partial charge in [-0.25, -0.2) is 4.39 Å². The lowest BCUT2D eigenvalue weighted by molar-refractivity contribution is 0.600. The molecule has 0 bridgehead atoms. The second-order valence-electron chi connectivity index (χ2n) is 6.50. The number of hydrogen-bond donors (Lipinski definition) is 1. The molecule has 136 valence electrons. The molecule has 2 heterocycles. The van der Waals surface area contributed by atoms with Crippen LogP contribution in [0.2, 0.25) is 5.02 Å². The van der Waals surface area contributed by atoms with Crippen molar-refractivity contribution in [2.45, 2.75) is 13.0 Å². The zero-order valence-electron chi connectivity index (χ0n) is 14.9. The van der Waals surface area contributed by atoms with E-state index in [0.29, 0.717) is 10.6 Å². The molecule has 0 aliphatic carbocycles. The van der Waals surface area contributed by atoms with Gasteiger partial charge in [0.2, 0.25) is 0 Å². The lowest BCUT2D eigenvalue weighted by Crippen LogP contribution is -2.10. The van der Waals surface area contributed by atoms with Crippen molar-refractivity contribution in [1.82, 2.24) is 14.8 Å². The summed E-state index contributed by atoms with van der Waals surface area (Å²) in [5.41, 5.74) is 4.01. The van der Waals surface area contributed by atoms with Gasteiger partial charge in [0.25, 0.3) is 0 Å². The van der Waals surface area contributed by atoms with Crippen molar-refractivity contribution in [3.8, 4) is 11.1 Å². The van der Waals surface area contributed by atoms with Crippen LogP contribution in [0.25, 0.3) is 22.0 Å². The maximum atomic E-state index is 14.6. The number of anilines is 1. The number of rotatable bonds is 4. The summed E-state index contributed by atoms with van der Waals surface area (Å²) >= 11 is 6.37. The standard InChI is InChI=1S/C21H18ClFN4/c1-13(26-21-16-5-3-4-6-20(16)24-11-18(21)22)17-9-14(7-8-19(17)23)15-10-25-27(2)12-15/h3-13H,1-2H3,(H,24,26)/t13-/m1/s1. The van der Waals surface area contributed by atoms with E-state index in [-0.39, 0.29) is 11.9 Å². The lowest BCUT2D eigenvalue weighted by Gasteiger charge is -2.19. The molecule has 6 heteroatoms. The van der Waals surface area contributed by atoms with Crippen molar-refractivity contribution in [2.24, 2.45) is 7.05 Å². The van der Waals surface area contributed by atoms with Crippen molar-refractivity contribution in [3.05, 3.63) is 77.5 Å². The van der Waals surface area contributed by atoms with Crippen molar-refractivity contribution < 1.29 is 4.39 Å². The Morgan fingerprint density at radius 1 is 1.11 bits per heavy atom. The molecule has 0 saturated carbocycles. The molecule has 2 aromatic carbocycles. The van der Waals surface area contributed by atoms with Crippen LogP contribution in [0.4, 0.5) is 10.1 Å². The van der Waals surface area contributed by atoms with Crippen molar-refractivity contribution in [2.75, 3.05) is 5.32 Å². The average molecular weight is 381 g/mol. The Morgan fingerprint density at radius 2 is 1.93 bits per heavy atom. The molecule has 0 aliphatic heterocycles. The SMILES string of the molecule is C[C@@H](Nc1c(Cl)cnc2ccccc12)c1cc(-c2cnn(C)c2)ccc1F. The van der Waals surface area contributed by atoms with Gasteiger partial charge in [-0.15, -0.1) is 0 Å². The molecule has 4 nitrogen and oxygen atoms in total. The second-order valence-corrected chi connectivity index (χ2v) is 6.91. The molecule has 1 atom stereocenters. The first kappa shape index (κ1) is 17.5. The molecular formula is C21H18ClFN4. The first-order valence-corrected chi connectivity index (χ1v) is 8.99. The maximum Gasteiger partial charge on any atom is 0.128 e. The number of benzene rings is 2. The molecule has 0 unspecified atom stereocenters. The van der Waals surface area contributed by atoms with Gasteiger partial charge in [-0.1, -0.05) is 35.9 Å². The molecule has 4 rings (SSSR count). The van der Waals surface area contributed by atoms with Crippen LogP contribution in [0.5, 0.6) is 0 Å². The predicted octanol–water partition coefficient (Wildman–Crippen LogP) is 5.60. The summed E-state index contributed by atoms with van der Waals surface area (Å²) in [6, 6.07) is 12.5. The van der Waals surface area contributed by atoms with E-state index < -0.39 is 0 Å². The second kappa shape index (κ2) is 7.00. The Balaban J connectivity index is 1.72. The third-order valence-corrected chi connectivity index (χ3v) is 4.88. The van der Waals surface area contributed by atoms with Crippen LogP contribution in [0.1, 0.15) is 18.5 Å². The zero-order valence-corrected chi connectivity index (χ0v) is 15.7.